The molecule has 3 aliphatic rings. The van der Waals surface area contributed by atoms with Crippen molar-refractivity contribution in [2.45, 2.75) is 24.9 Å². The van der Waals surface area contributed by atoms with Gasteiger partial charge < -0.3 is 5.11 Å². The Bertz CT molecular complexity index is 1060. The first-order valence-electron chi connectivity index (χ1n) is 10.1. The highest BCUT2D eigenvalue weighted by Gasteiger charge is 2.44. The van der Waals surface area contributed by atoms with Crippen molar-refractivity contribution >= 4 is 11.3 Å². The van der Waals surface area contributed by atoms with Crippen molar-refractivity contribution in [3.8, 4) is 23.1 Å². The third-order valence-corrected chi connectivity index (χ3v) is 6.80. The predicted octanol–water partition coefficient (Wildman–Crippen LogP) is 3.60. The Morgan fingerprint density at radius 1 is 1.14 bits per heavy atom. The summed E-state index contributed by atoms with van der Waals surface area (Å²) in [6.45, 7) is 2.84. The van der Waals surface area contributed by atoms with Gasteiger partial charge in [-0.25, -0.2) is 4.98 Å². The summed E-state index contributed by atoms with van der Waals surface area (Å²) in [6, 6.07) is 12.3. The van der Waals surface area contributed by atoms with Crippen LogP contribution in [0, 0.1) is 17.8 Å². The van der Waals surface area contributed by atoms with Gasteiger partial charge in [0.15, 0.2) is 0 Å². The van der Waals surface area contributed by atoms with Crippen LogP contribution in [0.3, 0.4) is 0 Å². The quantitative estimate of drug-likeness (QED) is 0.682. The summed E-state index contributed by atoms with van der Waals surface area (Å²) in [6.07, 6.45) is 6.45. The lowest BCUT2D eigenvalue weighted by molar-refractivity contribution is -0.0713. The molecule has 2 bridgehead atoms. The lowest BCUT2D eigenvalue weighted by Crippen LogP contribution is -2.58. The summed E-state index contributed by atoms with van der Waals surface area (Å²) in [7, 11) is 0. The van der Waals surface area contributed by atoms with Crippen LogP contribution in [-0.2, 0) is 6.42 Å². The van der Waals surface area contributed by atoms with E-state index < -0.39 is 5.60 Å². The van der Waals surface area contributed by atoms with Gasteiger partial charge in [0.25, 0.3) is 0 Å². The van der Waals surface area contributed by atoms with E-state index in [1.165, 1.54) is 5.56 Å². The number of hydrogen-bond acceptors (Lipinski definition) is 5. The van der Waals surface area contributed by atoms with Crippen LogP contribution >= 0.6 is 11.3 Å². The van der Waals surface area contributed by atoms with Crippen molar-refractivity contribution < 1.29 is 5.11 Å². The number of aromatic nitrogens is 2. The molecule has 0 spiro atoms. The normalized spacial score (nSPS) is 25.4. The van der Waals surface area contributed by atoms with Crippen molar-refractivity contribution in [2.75, 3.05) is 19.6 Å². The lowest BCUT2D eigenvalue weighted by Gasteiger charge is -2.47. The Kier molecular flexibility index (Phi) is 4.92. The molecule has 0 amide bonds. The molecule has 1 unspecified atom stereocenters. The Balaban J connectivity index is 1.41. The van der Waals surface area contributed by atoms with Crippen LogP contribution in [0.5, 0.6) is 0 Å². The minimum Gasteiger partial charge on any atom is -0.376 e. The van der Waals surface area contributed by atoms with Gasteiger partial charge in [-0.1, -0.05) is 42.2 Å². The first-order valence-corrected chi connectivity index (χ1v) is 11.0. The summed E-state index contributed by atoms with van der Waals surface area (Å²) in [4.78, 5) is 12.5. The zero-order chi connectivity index (χ0) is 19.7. The van der Waals surface area contributed by atoms with Crippen LogP contribution in [0.2, 0.25) is 0 Å². The van der Waals surface area contributed by atoms with Gasteiger partial charge in [0.2, 0.25) is 0 Å². The molecular formula is C24H23N3OS. The van der Waals surface area contributed by atoms with Gasteiger partial charge in [0.05, 0.1) is 22.5 Å². The van der Waals surface area contributed by atoms with Crippen LogP contribution in [0.1, 0.15) is 29.0 Å². The molecule has 3 saturated heterocycles. The molecule has 1 aromatic carbocycles. The number of piperidine rings is 3. The minimum absolute atomic E-state index is 0.289. The van der Waals surface area contributed by atoms with Crippen molar-refractivity contribution in [3.63, 3.8) is 0 Å². The maximum atomic E-state index is 11.1. The van der Waals surface area contributed by atoms with E-state index >= 15 is 0 Å². The third kappa shape index (κ3) is 3.84. The Labute approximate surface area is 175 Å². The molecule has 6 rings (SSSR count). The topological polar surface area (TPSA) is 49.3 Å². The monoisotopic (exact) mass is 401 g/mol. The van der Waals surface area contributed by atoms with Crippen LogP contribution in [0.25, 0.3) is 11.3 Å². The largest absolute Gasteiger partial charge is 0.376 e. The number of hydrogen-bond donors (Lipinski definition) is 1. The molecule has 0 aliphatic carbocycles. The molecule has 29 heavy (non-hydrogen) atoms. The Morgan fingerprint density at radius 3 is 2.72 bits per heavy atom. The van der Waals surface area contributed by atoms with E-state index in [-0.39, 0.29) is 5.92 Å². The number of benzene rings is 1. The van der Waals surface area contributed by atoms with Crippen LogP contribution in [0.15, 0.2) is 54.2 Å². The molecule has 1 N–H and O–H groups in total. The number of thiophene rings is 1. The zero-order valence-electron chi connectivity index (χ0n) is 16.2. The summed E-state index contributed by atoms with van der Waals surface area (Å²) >= 11 is 1.60. The SMILES string of the molecule is OC1(C#Cc2sccc2-c2cncc(Cc3ccccc3)n2)CN2CCC1CC2. The summed E-state index contributed by atoms with van der Waals surface area (Å²) in [5.74, 6) is 6.79. The molecule has 0 radical (unpaired) electrons. The maximum Gasteiger partial charge on any atom is 0.141 e. The minimum atomic E-state index is -0.890. The average molecular weight is 402 g/mol. The van der Waals surface area contributed by atoms with E-state index in [1.807, 2.05) is 35.8 Å². The fourth-order valence-electron chi connectivity index (χ4n) is 4.38. The highest BCUT2D eigenvalue weighted by atomic mass is 32.1. The smallest absolute Gasteiger partial charge is 0.141 e. The van der Waals surface area contributed by atoms with E-state index in [1.54, 1.807) is 17.5 Å². The van der Waals surface area contributed by atoms with E-state index in [0.717, 1.165) is 54.2 Å². The maximum absolute atomic E-state index is 11.1. The Morgan fingerprint density at radius 2 is 1.97 bits per heavy atom. The van der Waals surface area contributed by atoms with Crippen molar-refractivity contribution in [2.24, 2.45) is 5.92 Å². The molecule has 3 aromatic rings. The molecule has 5 heteroatoms. The number of nitrogens with zero attached hydrogens (tertiary/aromatic N) is 3. The summed E-state index contributed by atoms with van der Waals surface area (Å²) < 4.78 is 0. The van der Waals surface area contributed by atoms with E-state index in [2.05, 4.69) is 33.9 Å². The summed E-state index contributed by atoms with van der Waals surface area (Å²) in [5, 5.41) is 13.1. The molecule has 2 aromatic heterocycles. The second-order valence-electron chi connectivity index (χ2n) is 7.95. The molecule has 0 saturated carbocycles. The first kappa shape index (κ1) is 18.5. The fourth-order valence-corrected chi connectivity index (χ4v) is 5.13. The zero-order valence-corrected chi connectivity index (χ0v) is 17.0. The van der Waals surface area contributed by atoms with E-state index in [0.29, 0.717) is 6.54 Å². The molecule has 5 heterocycles. The lowest BCUT2D eigenvalue weighted by atomic mass is 9.76. The predicted molar refractivity (Wildman–Crippen MR) is 116 cm³/mol. The van der Waals surface area contributed by atoms with E-state index in [9.17, 15) is 5.11 Å². The van der Waals surface area contributed by atoms with Crippen molar-refractivity contribution in [3.05, 3.63) is 70.3 Å². The van der Waals surface area contributed by atoms with Gasteiger partial charge >= 0.3 is 0 Å². The second-order valence-corrected chi connectivity index (χ2v) is 8.86. The van der Waals surface area contributed by atoms with Crippen molar-refractivity contribution in [1.82, 2.24) is 14.9 Å². The van der Waals surface area contributed by atoms with Gasteiger partial charge in [-0.3, -0.25) is 9.88 Å². The average Bonchev–Trinajstić information content (AvgIpc) is 3.23. The van der Waals surface area contributed by atoms with Crippen LogP contribution in [0.4, 0.5) is 0 Å². The number of aliphatic hydroxyl groups is 1. The number of fused-ring (bicyclic) bond motifs is 3. The molecule has 3 fully saturated rings. The standard InChI is InChI=1S/C24H23N3OS/c28-24(17-27-11-7-19(24)8-12-27)10-6-23-21(9-13-29-23)22-16-25-15-20(26-22)14-18-4-2-1-3-5-18/h1-5,9,13,15-16,19,28H,7-8,11-12,14,17H2. The van der Waals surface area contributed by atoms with Gasteiger partial charge in [-0.15, -0.1) is 11.3 Å². The van der Waals surface area contributed by atoms with Gasteiger partial charge in [0.1, 0.15) is 5.60 Å². The highest BCUT2D eigenvalue weighted by Crippen LogP contribution is 2.35. The molecule has 1 atom stereocenters. The third-order valence-electron chi connectivity index (χ3n) is 5.97. The molecule has 4 nitrogen and oxygen atoms in total. The van der Waals surface area contributed by atoms with Crippen LogP contribution in [-0.4, -0.2) is 45.2 Å². The molecular weight excluding hydrogens is 378 g/mol. The van der Waals surface area contributed by atoms with Gasteiger partial charge in [-0.2, -0.15) is 0 Å². The Hall–Kier alpha value is -2.52. The fraction of sp³-hybridized carbons (Fsp3) is 0.333. The van der Waals surface area contributed by atoms with Crippen LogP contribution < -0.4 is 0 Å². The first-order chi connectivity index (χ1) is 14.2. The molecule has 3 aliphatic heterocycles. The molecule has 146 valence electrons. The van der Waals surface area contributed by atoms with Gasteiger partial charge in [-0.05, 0) is 42.9 Å². The number of rotatable bonds is 3. The van der Waals surface area contributed by atoms with Gasteiger partial charge in [0, 0.05) is 30.6 Å². The summed E-state index contributed by atoms with van der Waals surface area (Å²) in [5.41, 5.74) is 3.10. The van der Waals surface area contributed by atoms with E-state index in [4.69, 9.17) is 4.98 Å². The second kappa shape index (κ2) is 7.72. The van der Waals surface area contributed by atoms with Crippen molar-refractivity contribution in [1.29, 1.82) is 0 Å². The highest BCUT2D eigenvalue weighted by molar-refractivity contribution is 7.11.